The maximum absolute atomic E-state index is 15.1. The average molecular weight is 1410 g/mol. The Labute approximate surface area is 539 Å². The summed E-state index contributed by atoms with van der Waals surface area (Å²) in [4.78, 5) is 119. The molecule has 2 aliphatic rings. The molecule has 4 aromatic rings. The predicted molar refractivity (Wildman–Crippen MR) is 341 cm³/mol. The van der Waals surface area contributed by atoms with Gasteiger partial charge in [0, 0.05) is 60.0 Å². The number of halogens is 1. The number of aromatic hydroxyl groups is 1. The highest BCUT2D eigenvalue weighted by molar-refractivity contribution is 14.1. The van der Waals surface area contributed by atoms with Crippen molar-refractivity contribution in [2.45, 2.75) is 149 Å². The molecule has 2 fully saturated rings. The van der Waals surface area contributed by atoms with Crippen molar-refractivity contribution in [3.05, 3.63) is 99.3 Å². The molecule has 6 rings (SSSR count). The molecule has 31 heteroatoms. The normalized spacial score (nSPS) is 25.8. The highest BCUT2D eigenvalue weighted by Crippen LogP contribution is 2.30. The molecule has 8 amide bonds. The van der Waals surface area contributed by atoms with Gasteiger partial charge in [-0.2, -0.15) is 0 Å². The molecule has 0 aliphatic carbocycles. The SMILES string of the molecule is C[C@@H](O)[C@H](CO)NC(=O)[C@@H]1CSSC[C@H](NC(=O)[C@H](Cc2ccccc2)NC(=O)CCS[C@@H]2O[C@@H](CO)[C@H](O)[C@H](O)[C@@H]2O)C(=O)N[C@@H](Cc2ccc(O)c([123I])c2)C(=O)N[C@H](Cc2c[nH]c3ccccc23)C(=O)N[C@@H](CCCCN)C(=O)N[C@@H]([C@@H](C)O)C(=O)N1. The van der Waals surface area contributed by atoms with Gasteiger partial charge in [0.1, 0.15) is 77.9 Å². The first-order valence-electron chi connectivity index (χ1n) is 28.8. The van der Waals surface area contributed by atoms with E-state index in [2.05, 4.69) is 47.5 Å². The van der Waals surface area contributed by atoms with Gasteiger partial charge in [0.2, 0.25) is 47.3 Å². The zero-order chi connectivity index (χ0) is 64.9. The van der Waals surface area contributed by atoms with Crippen molar-refractivity contribution in [3.8, 4) is 5.75 Å². The molecule has 27 nitrogen and oxygen atoms in total. The summed E-state index contributed by atoms with van der Waals surface area (Å²) in [6, 6.07) is 8.33. The first kappa shape index (κ1) is 72.2. The van der Waals surface area contributed by atoms with E-state index in [1.54, 1.807) is 66.9 Å². The second-order valence-electron chi connectivity index (χ2n) is 21.6. The molecule has 2 saturated heterocycles. The van der Waals surface area contributed by atoms with Crippen LogP contribution in [0.15, 0.2) is 79.0 Å². The van der Waals surface area contributed by atoms with E-state index in [9.17, 15) is 69.6 Å². The number of hydrogen-bond donors (Lipinski definition) is 18. The number of thioether (sulfide) groups is 1. The number of unbranched alkanes of at least 4 members (excludes halogenated alkanes) is 1. The number of nitrogens with one attached hydrogen (secondary N) is 9. The Morgan fingerprint density at radius 1 is 0.764 bits per heavy atom. The minimum Gasteiger partial charge on any atom is -0.507 e. The van der Waals surface area contributed by atoms with Gasteiger partial charge in [-0.25, -0.2) is 0 Å². The maximum atomic E-state index is 15.1. The average Bonchev–Trinajstić information content (AvgIpc) is 2.17. The van der Waals surface area contributed by atoms with Gasteiger partial charge in [-0.05, 0) is 97.1 Å². The molecule has 0 spiro atoms. The number of aliphatic hydroxyl groups excluding tert-OH is 7. The monoisotopic (exact) mass is 1410 g/mol. The molecule has 0 radical (unpaired) electrons. The lowest BCUT2D eigenvalue weighted by atomic mass is 10.0. The number of carbonyl (C=O) groups is 8. The molecule has 3 aromatic carbocycles. The summed E-state index contributed by atoms with van der Waals surface area (Å²) in [5.74, 6) is -7.93. The molecule has 488 valence electrons. The van der Waals surface area contributed by atoms with Crippen LogP contribution in [-0.4, -0.2) is 221 Å². The number of para-hydroxylation sites is 1. The van der Waals surface area contributed by atoms with Gasteiger partial charge < -0.3 is 98.8 Å². The van der Waals surface area contributed by atoms with E-state index in [0.29, 0.717) is 37.6 Å². The summed E-state index contributed by atoms with van der Waals surface area (Å²) in [6.07, 6.45) is -7.43. The van der Waals surface area contributed by atoms with Crippen LogP contribution in [0.3, 0.4) is 0 Å². The number of aromatic nitrogens is 1. The number of carbonyl (C=O) groups excluding carboxylic acids is 8. The van der Waals surface area contributed by atoms with Crippen LogP contribution in [0.4, 0.5) is 0 Å². The van der Waals surface area contributed by atoms with E-state index in [0.717, 1.165) is 33.3 Å². The van der Waals surface area contributed by atoms with E-state index in [1.165, 1.54) is 26.0 Å². The van der Waals surface area contributed by atoms with Crippen molar-refractivity contribution in [2.24, 2.45) is 5.73 Å². The molecular weight excluding hydrogens is 1330 g/mol. The fourth-order valence-electron chi connectivity index (χ4n) is 9.62. The molecule has 0 saturated carbocycles. The van der Waals surface area contributed by atoms with Gasteiger partial charge in [0.15, 0.2) is 0 Å². The quantitative estimate of drug-likeness (QED) is 0.0209. The van der Waals surface area contributed by atoms with Gasteiger partial charge in [0.25, 0.3) is 0 Å². The number of nitrogens with two attached hydrogens (primary N) is 1. The molecule has 2 aliphatic heterocycles. The smallest absolute Gasteiger partial charge is 0.245 e. The third-order valence-corrected chi connectivity index (χ3v) is 19.2. The lowest BCUT2D eigenvalue weighted by Crippen LogP contribution is -2.62. The Morgan fingerprint density at radius 2 is 1.43 bits per heavy atom. The highest BCUT2D eigenvalue weighted by atomic mass is 123. The number of benzene rings is 3. The van der Waals surface area contributed by atoms with Crippen LogP contribution in [0, 0.1) is 3.57 Å². The number of fused-ring (bicyclic) bond motifs is 1. The van der Waals surface area contributed by atoms with Gasteiger partial charge in [-0.3, -0.25) is 38.4 Å². The van der Waals surface area contributed by atoms with Gasteiger partial charge in [0.05, 0.1) is 35.0 Å². The zero-order valence-corrected chi connectivity index (χ0v) is 53.4. The number of hydrogen-bond acceptors (Lipinski definition) is 21. The van der Waals surface area contributed by atoms with Crippen LogP contribution >= 0.6 is 55.9 Å². The number of phenols is 1. The number of amides is 8. The fraction of sp³-hybridized carbons (Fsp3) is 0.517. The van der Waals surface area contributed by atoms with Gasteiger partial charge >= 0.3 is 0 Å². The summed E-state index contributed by atoms with van der Waals surface area (Å²) in [5.41, 5.74) is 6.97. The van der Waals surface area contributed by atoms with Crippen LogP contribution in [0.1, 0.15) is 56.2 Å². The summed E-state index contributed by atoms with van der Waals surface area (Å²) in [7, 11) is 1.84. The minimum atomic E-state index is -1.75. The van der Waals surface area contributed by atoms with Crippen LogP contribution in [0.5, 0.6) is 5.75 Å². The number of ether oxygens (including phenoxy) is 1. The van der Waals surface area contributed by atoms with E-state index in [-0.39, 0.29) is 68.1 Å². The fourth-order valence-corrected chi connectivity index (χ4v) is 13.6. The third kappa shape index (κ3) is 21.4. The molecule has 0 unspecified atom stereocenters. The Morgan fingerprint density at radius 3 is 2.10 bits per heavy atom. The van der Waals surface area contributed by atoms with Crippen LogP contribution in [0.2, 0.25) is 0 Å². The first-order valence-corrected chi connectivity index (χ1v) is 33.5. The number of rotatable bonds is 23. The molecule has 15 atom stereocenters. The van der Waals surface area contributed by atoms with Crippen molar-refractivity contribution in [1.82, 2.24) is 47.5 Å². The number of phenolic OH excluding ortho intramolecular Hbond substituents is 1. The number of H-pyrrole nitrogens is 1. The summed E-state index contributed by atoms with van der Waals surface area (Å²) < 4.78 is 5.96. The predicted octanol–water partition coefficient (Wildman–Crippen LogP) is -2.41. The van der Waals surface area contributed by atoms with Crippen molar-refractivity contribution in [1.29, 1.82) is 0 Å². The Kier molecular flexibility index (Phi) is 29.0. The van der Waals surface area contributed by atoms with Crippen LogP contribution < -0.4 is 48.3 Å². The Balaban J connectivity index is 1.39. The molecule has 89 heavy (non-hydrogen) atoms. The maximum Gasteiger partial charge on any atom is 0.245 e. The lowest BCUT2D eigenvalue weighted by Gasteiger charge is -2.39. The minimum absolute atomic E-state index is 0.0379. The third-order valence-electron chi connectivity index (χ3n) is 14.8. The van der Waals surface area contributed by atoms with E-state index in [4.69, 9.17) is 10.5 Å². The largest absolute Gasteiger partial charge is 0.507 e. The van der Waals surface area contributed by atoms with Crippen LogP contribution in [0.25, 0.3) is 10.9 Å². The van der Waals surface area contributed by atoms with Crippen molar-refractivity contribution in [2.75, 3.05) is 37.0 Å². The van der Waals surface area contributed by atoms with Crippen molar-refractivity contribution >= 4 is 114 Å². The van der Waals surface area contributed by atoms with E-state index < -0.39 is 151 Å². The molecule has 1 aromatic heterocycles. The second kappa shape index (κ2) is 35.7. The number of aliphatic hydroxyl groups is 7. The molecule has 0 bridgehead atoms. The van der Waals surface area contributed by atoms with Crippen molar-refractivity contribution in [3.63, 3.8) is 0 Å². The highest BCUT2D eigenvalue weighted by Gasteiger charge is 2.44. The second-order valence-corrected chi connectivity index (χ2v) is 26.5. The summed E-state index contributed by atoms with van der Waals surface area (Å²) >= 11 is 2.81. The van der Waals surface area contributed by atoms with Gasteiger partial charge in [-0.15, -0.1) is 11.8 Å². The first-order chi connectivity index (χ1) is 42.5. The summed E-state index contributed by atoms with van der Waals surface area (Å²) in [6.45, 7) is 1.36. The summed E-state index contributed by atoms with van der Waals surface area (Å²) in [5, 5.41) is 105. The Hall–Kier alpha value is -5.82. The topological polar surface area (TPSA) is 446 Å². The lowest BCUT2D eigenvalue weighted by molar-refractivity contribution is -0.205. The van der Waals surface area contributed by atoms with Gasteiger partial charge in [-0.1, -0.05) is 76.2 Å². The van der Waals surface area contributed by atoms with Crippen LogP contribution in [-0.2, 0) is 62.4 Å². The van der Waals surface area contributed by atoms with Crippen molar-refractivity contribution < 1.29 is 83.9 Å². The van der Waals surface area contributed by atoms with E-state index in [1.807, 2.05) is 22.6 Å². The Bertz CT molecular complexity index is 3030. The zero-order valence-electron chi connectivity index (χ0n) is 48.8. The standard InChI is InChI=1S/C58H79IN10O17S3/c1-29(72)41(25-70)66-56(84)43-28-89-88-27-42(67-52(80)38(21-31-10-4-3-5-11-31)62-46(75)17-19-87-58-50(78)49(77)48(76)45(26-71)86-58)55(83)64-39(22-32-15-16-44(74)35(59)20-32)53(81)65-40(23-33-24-61-36-13-7-6-12-34(33)36)54(82)63-37(14-8-9-18-60)51(79)69-47(30(2)73)57(85)68-43/h3-7,10-13,15-16,20,24,29-30,37-43,45,47-50,58,61,70-74,76-78H,8-9,14,17-19,21-23,25-28,60H2,1-2H3,(H,62,75)(H,63,82)(H,64,83)(H,65,81)(H,66,84)(H,67,80)(H,68,85)(H,69,79)/t29-,30-,37+,38+,39+,40-,41+,42+,43+,45+,47+,48+,49+,50+,58+/m1/s1/i59-4. The molecular formula is C58H79IN10O17S3. The van der Waals surface area contributed by atoms with E-state index >= 15 is 9.59 Å². The molecule has 19 N–H and O–H groups in total. The molecule has 3 heterocycles. The number of aromatic amines is 1.